The summed E-state index contributed by atoms with van der Waals surface area (Å²) >= 11 is 0. The lowest BCUT2D eigenvalue weighted by Crippen LogP contribution is -2.37. The van der Waals surface area contributed by atoms with E-state index in [0.717, 1.165) is 64.2 Å². The van der Waals surface area contributed by atoms with E-state index in [4.69, 9.17) is 9.84 Å². The number of anilines is 1. The second-order valence-electron chi connectivity index (χ2n) is 9.01. The Morgan fingerprint density at radius 1 is 1.20 bits per heavy atom. The van der Waals surface area contributed by atoms with E-state index in [-0.39, 0.29) is 19.1 Å². The number of aliphatic hydroxyl groups is 1. The fourth-order valence-electron chi connectivity index (χ4n) is 4.56. The minimum atomic E-state index is -0.278. The number of carbonyl (C=O) groups excluding carboxylic acids is 1. The van der Waals surface area contributed by atoms with Crippen LogP contribution in [0.3, 0.4) is 0 Å². The highest BCUT2D eigenvalue weighted by Crippen LogP contribution is 2.28. The highest BCUT2D eigenvalue weighted by atomic mass is 16.5. The fourth-order valence-corrected chi connectivity index (χ4v) is 4.56. The first-order chi connectivity index (χ1) is 17.1. The summed E-state index contributed by atoms with van der Waals surface area (Å²) in [5.41, 5.74) is 3.13. The number of rotatable bonds is 12. The topological polar surface area (TPSA) is 90.8 Å². The molecule has 1 amide bonds. The maximum absolute atomic E-state index is 12.0. The van der Waals surface area contributed by atoms with Crippen molar-refractivity contribution in [2.24, 2.45) is 0 Å². The van der Waals surface area contributed by atoms with Gasteiger partial charge in [0.2, 0.25) is 5.95 Å². The number of amides is 1. The van der Waals surface area contributed by atoms with Crippen molar-refractivity contribution >= 4 is 11.9 Å². The van der Waals surface area contributed by atoms with Crippen LogP contribution in [0.4, 0.5) is 5.95 Å². The summed E-state index contributed by atoms with van der Waals surface area (Å²) in [6.45, 7) is 11.1. The highest BCUT2D eigenvalue weighted by molar-refractivity contribution is 5.93. The van der Waals surface area contributed by atoms with Gasteiger partial charge in [-0.25, -0.2) is 9.97 Å². The molecule has 0 radical (unpaired) electrons. The van der Waals surface area contributed by atoms with Crippen molar-refractivity contribution in [3.8, 4) is 0 Å². The molecule has 1 aliphatic carbocycles. The number of hydrogen-bond donors (Lipinski definition) is 2. The van der Waals surface area contributed by atoms with Gasteiger partial charge in [0.05, 0.1) is 18.8 Å². The van der Waals surface area contributed by atoms with E-state index in [2.05, 4.69) is 64.1 Å². The third-order valence-corrected chi connectivity index (χ3v) is 6.72. The van der Waals surface area contributed by atoms with Crippen molar-refractivity contribution in [1.82, 2.24) is 20.2 Å². The Hall–Kier alpha value is -2.71. The zero-order valence-corrected chi connectivity index (χ0v) is 21.5. The second-order valence-corrected chi connectivity index (χ2v) is 9.01. The van der Waals surface area contributed by atoms with Gasteiger partial charge in [-0.2, -0.15) is 0 Å². The van der Waals surface area contributed by atoms with E-state index in [9.17, 15) is 4.79 Å². The molecule has 1 aliphatic heterocycles. The van der Waals surface area contributed by atoms with Gasteiger partial charge >= 0.3 is 0 Å². The lowest BCUT2D eigenvalue weighted by Gasteiger charge is -2.30. The van der Waals surface area contributed by atoms with Gasteiger partial charge in [0.1, 0.15) is 5.76 Å². The molecule has 8 heteroatoms. The van der Waals surface area contributed by atoms with E-state index in [0.29, 0.717) is 17.6 Å². The molecule has 0 fully saturated rings. The van der Waals surface area contributed by atoms with Crippen molar-refractivity contribution in [1.29, 1.82) is 0 Å². The van der Waals surface area contributed by atoms with Crippen molar-refractivity contribution in [3.63, 3.8) is 0 Å². The lowest BCUT2D eigenvalue weighted by molar-refractivity contribution is 0.0944. The number of likely N-dealkylation sites (N-methyl/N-ethyl adjacent to an activating group) is 1. The maximum atomic E-state index is 12.0. The Morgan fingerprint density at radius 3 is 2.71 bits per heavy atom. The summed E-state index contributed by atoms with van der Waals surface area (Å²) in [5.74, 6) is 1.44. The van der Waals surface area contributed by atoms with Crippen LogP contribution in [0.1, 0.15) is 63.2 Å². The molecule has 1 aromatic rings. The van der Waals surface area contributed by atoms with Crippen LogP contribution < -0.4 is 10.2 Å². The first-order valence-electron chi connectivity index (χ1n) is 13.0. The van der Waals surface area contributed by atoms with Gasteiger partial charge in [0.15, 0.2) is 0 Å². The molecule has 0 saturated heterocycles. The molecule has 3 rings (SSSR count). The number of aliphatic hydroxyl groups excluding tert-OH is 1. The van der Waals surface area contributed by atoms with E-state index in [1.54, 1.807) is 12.4 Å². The van der Waals surface area contributed by atoms with E-state index in [1.165, 1.54) is 17.6 Å². The molecular weight excluding hydrogens is 442 g/mol. The number of ether oxygens (including phenoxy) is 1. The Bertz CT molecular complexity index is 910. The highest BCUT2D eigenvalue weighted by Gasteiger charge is 2.20. The molecule has 1 atom stereocenters. The van der Waals surface area contributed by atoms with Crippen molar-refractivity contribution in [2.75, 3.05) is 50.8 Å². The predicted octanol–water partition coefficient (Wildman–Crippen LogP) is 3.47. The van der Waals surface area contributed by atoms with Gasteiger partial charge in [0.25, 0.3) is 5.91 Å². The molecule has 0 spiro atoms. The Morgan fingerprint density at radius 2 is 2.00 bits per heavy atom. The monoisotopic (exact) mass is 483 g/mol. The smallest absolute Gasteiger partial charge is 0.254 e. The number of nitrogens with one attached hydrogen (secondary N) is 1. The van der Waals surface area contributed by atoms with Gasteiger partial charge in [-0.15, -0.1) is 0 Å². The van der Waals surface area contributed by atoms with Crippen LogP contribution in [0.25, 0.3) is 0 Å². The summed E-state index contributed by atoms with van der Waals surface area (Å²) < 4.78 is 6.09. The largest absolute Gasteiger partial charge is 0.494 e. The van der Waals surface area contributed by atoms with Crippen LogP contribution >= 0.6 is 0 Å². The molecular formula is C27H41N5O3. The number of aromatic nitrogens is 2. The van der Waals surface area contributed by atoms with Gasteiger partial charge in [0, 0.05) is 44.6 Å². The van der Waals surface area contributed by atoms with Crippen molar-refractivity contribution in [2.45, 2.75) is 58.9 Å². The SMILES string of the molecule is CCN(CCCN(CC)C(C)C1=CC2=C(CC=C1)CCCCO2)c1ncc(C(=O)NCCO)cn1. The fraction of sp³-hybridized carbons (Fsp3) is 0.593. The van der Waals surface area contributed by atoms with Gasteiger partial charge in [-0.1, -0.05) is 19.1 Å². The van der Waals surface area contributed by atoms with Crippen LogP contribution in [0.5, 0.6) is 0 Å². The van der Waals surface area contributed by atoms with Gasteiger partial charge in [-0.3, -0.25) is 9.69 Å². The van der Waals surface area contributed by atoms with Crippen molar-refractivity contribution < 1.29 is 14.6 Å². The van der Waals surface area contributed by atoms with Gasteiger partial charge in [-0.05, 0) is 69.7 Å². The third kappa shape index (κ3) is 7.64. The average molecular weight is 484 g/mol. The van der Waals surface area contributed by atoms with E-state index < -0.39 is 0 Å². The molecule has 2 N–H and O–H groups in total. The minimum Gasteiger partial charge on any atom is -0.494 e. The van der Waals surface area contributed by atoms with Crippen molar-refractivity contribution in [3.05, 3.63) is 53.1 Å². The van der Waals surface area contributed by atoms with Crippen LogP contribution in [0.2, 0.25) is 0 Å². The average Bonchev–Trinajstić information content (AvgIpc) is 3.23. The van der Waals surface area contributed by atoms with Crippen LogP contribution in [0, 0.1) is 0 Å². The quantitative estimate of drug-likeness (QED) is 0.470. The predicted molar refractivity (Wildman–Crippen MR) is 139 cm³/mol. The van der Waals surface area contributed by atoms with Crippen LogP contribution in [0.15, 0.2) is 47.5 Å². The minimum absolute atomic E-state index is 0.0953. The molecule has 192 valence electrons. The standard InChI is InChI=1S/C27H41N5O3/c1-4-31(21(3)23-12-8-11-22-10-6-7-17-35-25(22)18-23)14-9-15-32(5-2)27-29-19-24(20-30-27)26(34)28-13-16-33/h8,12,18-21,33H,4-7,9-11,13-17H2,1-3H3,(H,28,34). The van der Waals surface area contributed by atoms with Gasteiger partial charge < -0.3 is 20.1 Å². The zero-order chi connectivity index (χ0) is 25.0. The number of hydrogen-bond acceptors (Lipinski definition) is 7. The van der Waals surface area contributed by atoms with E-state index >= 15 is 0 Å². The molecule has 8 nitrogen and oxygen atoms in total. The molecule has 1 unspecified atom stereocenters. The molecule has 0 bridgehead atoms. The molecule has 35 heavy (non-hydrogen) atoms. The number of nitrogens with zero attached hydrogens (tertiary/aromatic N) is 4. The summed E-state index contributed by atoms with van der Waals surface area (Å²) in [4.78, 5) is 25.4. The van der Waals surface area contributed by atoms with Crippen LogP contribution in [-0.4, -0.2) is 77.9 Å². The summed E-state index contributed by atoms with van der Waals surface area (Å²) in [6, 6.07) is 0.304. The van der Waals surface area contributed by atoms with Crippen LogP contribution in [-0.2, 0) is 4.74 Å². The first-order valence-corrected chi connectivity index (χ1v) is 13.0. The summed E-state index contributed by atoms with van der Waals surface area (Å²) in [6.07, 6.45) is 15.4. The molecule has 0 saturated carbocycles. The number of carbonyl (C=O) groups is 1. The Balaban J connectivity index is 1.57. The molecule has 1 aromatic heterocycles. The molecule has 2 heterocycles. The third-order valence-electron chi connectivity index (χ3n) is 6.72. The second kappa shape index (κ2) is 14.0. The zero-order valence-electron chi connectivity index (χ0n) is 21.5. The number of allylic oxidation sites excluding steroid dienone is 3. The Kier molecular flexibility index (Phi) is 10.8. The first kappa shape index (κ1) is 26.9. The molecule has 2 aliphatic rings. The lowest BCUT2D eigenvalue weighted by atomic mass is 10.0. The molecule has 0 aromatic carbocycles. The normalized spacial score (nSPS) is 16.7. The summed E-state index contributed by atoms with van der Waals surface area (Å²) in [7, 11) is 0. The maximum Gasteiger partial charge on any atom is 0.254 e. The van der Waals surface area contributed by atoms with E-state index in [1.807, 2.05) is 0 Å². The summed E-state index contributed by atoms with van der Waals surface area (Å²) in [5, 5.41) is 11.5. The Labute approximate surface area is 209 Å².